The summed E-state index contributed by atoms with van der Waals surface area (Å²) in [6.07, 6.45) is 4.17. The quantitative estimate of drug-likeness (QED) is 0.338. The van der Waals surface area contributed by atoms with Crippen molar-refractivity contribution in [2.24, 2.45) is 5.41 Å². The molecule has 0 amide bonds. The third-order valence-corrected chi connectivity index (χ3v) is 6.32. The monoisotopic (exact) mass is 494 g/mol. The minimum absolute atomic E-state index is 0.148. The molecular formula is C25H24Cl2N6O. The molecule has 2 aromatic heterocycles. The highest BCUT2D eigenvalue weighted by Crippen LogP contribution is 2.35. The van der Waals surface area contributed by atoms with E-state index in [1.807, 2.05) is 6.92 Å². The van der Waals surface area contributed by atoms with Gasteiger partial charge in [0, 0.05) is 54.1 Å². The van der Waals surface area contributed by atoms with E-state index in [9.17, 15) is 5.26 Å². The van der Waals surface area contributed by atoms with Gasteiger partial charge < -0.3 is 15.4 Å². The molecule has 0 saturated carbocycles. The van der Waals surface area contributed by atoms with Gasteiger partial charge in [0.25, 0.3) is 0 Å². The summed E-state index contributed by atoms with van der Waals surface area (Å²) in [5, 5.41) is 19.2. The zero-order valence-corrected chi connectivity index (χ0v) is 20.6. The summed E-state index contributed by atoms with van der Waals surface area (Å²) in [6, 6.07) is 8.98. The van der Waals surface area contributed by atoms with Gasteiger partial charge in [-0.2, -0.15) is 5.26 Å². The highest BCUT2D eigenvalue weighted by atomic mass is 35.5. The molecule has 34 heavy (non-hydrogen) atoms. The van der Waals surface area contributed by atoms with Gasteiger partial charge in [0.05, 0.1) is 21.3 Å². The van der Waals surface area contributed by atoms with Crippen molar-refractivity contribution >= 4 is 40.4 Å². The van der Waals surface area contributed by atoms with Crippen LogP contribution >= 0.6 is 23.2 Å². The fourth-order valence-electron chi connectivity index (χ4n) is 4.12. The van der Waals surface area contributed by atoms with Crippen LogP contribution in [0.5, 0.6) is 5.75 Å². The second-order valence-corrected chi connectivity index (χ2v) is 9.94. The molecule has 1 saturated heterocycles. The number of ether oxygens (including phenoxy) is 1. The molecule has 1 aliphatic heterocycles. The molecular weight excluding hydrogens is 471 g/mol. The van der Waals surface area contributed by atoms with Gasteiger partial charge in [-0.3, -0.25) is 10.4 Å². The molecule has 1 aliphatic rings. The molecule has 7 nitrogen and oxygen atoms in total. The lowest BCUT2D eigenvalue weighted by Crippen LogP contribution is -2.53. The van der Waals surface area contributed by atoms with Crippen molar-refractivity contribution in [2.45, 2.75) is 26.9 Å². The van der Waals surface area contributed by atoms with Crippen LogP contribution in [0.4, 0.5) is 11.5 Å². The predicted octanol–water partition coefficient (Wildman–Crippen LogP) is 5.64. The molecule has 0 unspecified atom stereocenters. The van der Waals surface area contributed by atoms with E-state index < -0.39 is 6.10 Å². The van der Waals surface area contributed by atoms with Gasteiger partial charge in [0.15, 0.2) is 0 Å². The Bertz CT molecular complexity index is 1290. The van der Waals surface area contributed by atoms with Crippen LogP contribution in [0, 0.1) is 22.2 Å². The van der Waals surface area contributed by atoms with Crippen LogP contribution in [0.2, 0.25) is 10.0 Å². The highest BCUT2D eigenvalue weighted by molar-refractivity contribution is 6.35. The predicted molar refractivity (Wildman–Crippen MR) is 135 cm³/mol. The highest BCUT2D eigenvalue weighted by Gasteiger charge is 2.36. The normalized spacial score (nSPS) is 15.2. The van der Waals surface area contributed by atoms with Crippen molar-refractivity contribution in [3.63, 3.8) is 0 Å². The fourth-order valence-corrected chi connectivity index (χ4v) is 4.79. The largest absolute Gasteiger partial charge is 0.486 e. The number of nitrogens with two attached hydrogens (primary N) is 1. The van der Waals surface area contributed by atoms with Crippen LogP contribution in [0.15, 0.2) is 42.9 Å². The first-order valence-electron chi connectivity index (χ1n) is 10.7. The molecule has 0 spiro atoms. The maximum Gasteiger partial charge on any atom is 0.146 e. The van der Waals surface area contributed by atoms with Crippen molar-refractivity contribution < 1.29 is 4.74 Å². The van der Waals surface area contributed by atoms with Crippen LogP contribution < -0.4 is 15.4 Å². The number of aromatic nitrogens is 2. The van der Waals surface area contributed by atoms with E-state index in [2.05, 4.69) is 34.8 Å². The lowest BCUT2D eigenvalue weighted by molar-refractivity contribution is 0.227. The van der Waals surface area contributed by atoms with Crippen molar-refractivity contribution in [3.05, 3.63) is 75.2 Å². The van der Waals surface area contributed by atoms with Gasteiger partial charge in [-0.25, -0.2) is 4.98 Å². The standard InChI is InChI=1S/C25H24Cl2N6O/c1-14(22-19(26)10-31-11-20(22)27)34-17-4-5-21(29)18(7-17)23(30)16-6-15(8-28)24(32-9-16)33-12-25(2,3)13-33/h4-7,9-11,14,30H,12-13,29H2,1-3H3/t14-/m1/s1. The van der Waals surface area contributed by atoms with Crippen molar-refractivity contribution in [3.8, 4) is 11.8 Å². The van der Waals surface area contributed by atoms with E-state index >= 15 is 0 Å². The summed E-state index contributed by atoms with van der Waals surface area (Å²) >= 11 is 12.5. The van der Waals surface area contributed by atoms with Crippen molar-refractivity contribution in [1.82, 2.24) is 9.97 Å². The number of hydrogen-bond acceptors (Lipinski definition) is 7. The minimum Gasteiger partial charge on any atom is -0.486 e. The van der Waals surface area contributed by atoms with Crippen LogP contribution in [0.1, 0.15) is 49.1 Å². The number of hydrogen-bond donors (Lipinski definition) is 2. The molecule has 3 N–H and O–H groups in total. The number of rotatable bonds is 6. The van der Waals surface area contributed by atoms with E-state index in [0.29, 0.717) is 49.6 Å². The zero-order chi connectivity index (χ0) is 24.6. The molecule has 0 radical (unpaired) electrons. The van der Waals surface area contributed by atoms with E-state index in [-0.39, 0.29) is 11.1 Å². The first-order valence-corrected chi connectivity index (χ1v) is 11.4. The van der Waals surface area contributed by atoms with E-state index in [0.717, 1.165) is 13.1 Å². The number of anilines is 2. The Hall–Kier alpha value is -3.34. The smallest absolute Gasteiger partial charge is 0.146 e. The molecule has 1 fully saturated rings. The van der Waals surface area contributed by atoms with Crippen molar-refractivity contribution in [1.29, 1.82) is 10.7 Å². The molecule has 3 aromatic rings. The van der Waals surface area contributed by atoms with Gasteiger partial charge >= 0.3 is 0 Å². The Morgan fingerprint density at radius 3 is 2.50 bits per heavy atom. The maximum absolute atomic E-state index is 9.69. The second kappa shape index (κ2) is 9.13. The minimum atomic E-state index is -0.458. The van der Waals surface area contributed by atoms with Gasteiger partial charge in [0.1, 0.15) is 23.7 Å². The van der Waals surface area contributed by atoms with Gasteiger partial charge in [-0.1, -0.05) is 37.0 Å². The summed E-state index contributed by atoms with van der Waals surface area (Å²) in [5.74, 6) is 1.14. The number of nitrogens with one attached hydrogen (secondary N) is 1. The molecule has 3 heterocycles. The third kappa shape index (κ3) is 4.65. The maximum atomic E-state index is 9.69. The molecule has 1 aromatic carbocycles. The van der Waals surface area contributed by atoms with E-state index in [1.54, 1.807) is 30.5 Å². The SMILES string of the molecule is C[C@@H](Oc1ccc(N)c(C(=N)c2cnc(N3CC(C)(C)C3)c(C#N)c2)c1)c1c(Cl)cncc1Cl. The van der Waals surface area contributed by atoms with Crippen molar-refractivity contribution in [2.75, 3.05) is 23.7 Å². The average Bonchev–Trinajstić information content (AvgIpc) is 2.77. The Balaban J connectivity index is 1.59. The zero-order valence-electron chi connectivity index (χ0n) is 19.1. The molecule has 0 bridgehead atoms. The number of halogens is 2. The lowest BCUT2D eigenvalue weighted by Gasteiger charge is -2.46. The molecule has 9 heteroatoms. The van der Waals surface area contributed by atoms with E-state index in [4.69, 9.17) is 39.1 Å². The van der Waals surface area contributed by atoms with E-state index in [1.165, 1.54) is 12.4 Å². The first kappa shape index (κ1) is 23.8. The Labute approximate surface area is 208 Å². The van der Waals surface area contributed by atoms with Gasteiger partial charge in [-0.05, 0) is 36.6 Å². The summed E-state index contributed by atoms with van der Waals surface area (Å²) < 4.78 is 6.06. The van der Waals surface area contributed by atoms with Crippen LogP contribution in [-0.2, 0) is 0 Å². The number of nitriles is 1. The lowest BCUT2D eigenvalue weighted by atomic mass is 9.84. The average molecular weight is 495 g/mol. The summed E-state index contributed by atoms with van der Waals surface area (Å²) in [4.78, 5) is 10.5. The Morgan fingerprint density at radius 1 is 1.21 bits per heavy atom. The number of nitrogens with zero attached hydrogens (tertiary/aromatic N) is 4. The van der Waals surface area contributed by atoms with Crippen LogP contribution in [0.25, 0.3) is 0 Å². The second-order valence-electron chi connectivity index (χ2n) is 9.13. The molecule has 0 aliphatic carbocycles. The number of nitrogen functional groups attached to an aromatic ring is 1. The summed E-state index contributed by atoms with van der Waals surface area (Å²) in [7, 11) is 0. The van der Waals surface area contributed by atoms with Gasteiger partial charge in [-0.15, -0.1) is 0 Å². The number of pyridine rings is 2. The van der Waals surface area contributed by atoms with Gasteiger partial charge in [0.2, 0.25) is 0 Å². The first-order chi connectivity index (χ1) is 16.1. The summed E-state index contributed by atoms with van der Waals surface area (Å²) in [6.45, 7) is 7.85. The topological polar surface area (TPSA) is 112 Å². The summed E-state index contributed by atoms with van der Waals surface area (Å²) in [5.41, 5.74) is 8.98. The number of benzene rings is 1. The third-order valence-electron chi connectivity index (χ3n) is 5.72. The molecule has 4 rings (SSSR count). The fraction of sp³-hybridized carbons (Fsp3) is 0.280. The van der Waals surface area contributed by atoms with Crippen LogP contribution in [0.3, 0.4) is 0 Å². The Morgan fingerprint density at radius 2 is 1.88 bits per heavy atom. The molecule has 1 atom stereocenters. The Kier molecular flexibility index (Phi) is 6.39. The molecule has 174 valence electrons. The van der Waals surface area contributed by atoms with Crippen LogP contribution in [-0.4, -0.2) is 28.8 Å².